The molecule has 1 aliphatic rings. The maximum absolute atomic E-state index is 4.34. The Morgan fingerprint density at radius 2 is 1.91 bits per heavy atom. The molecule has 3 rings (SSSR count). The molecule has 124 valence electrons. The summed E-state index contributed by atoms with van der Waals surface area (Å²) < 4.78 is 0. The first-order chi connectivity index (χ1) is 11.2. The molecule has 2 aromatic rings. The fourth-order valence-electron chi connectivity index (χ4n) is 3.24. The Balaban J connectivity index is 1.65. The highest BCUT2D eigenvalue weighted by atomic mass is 32.1. The molecule has 0 unspecified atom stereocenters. The summed E-state index contributed by atoms with van der Waals surface area (Å²) in [7, 11) is 2.22. The Kier molecular flexibility index (Phi) is 5.75. The van der Waals surface area contributed by atoms with Crippen LogP contribution in [0.25, 0.3) is 0 Å². The summed E-state index contributed by atoms with van der Waals surface area (Å²) in [4.78, 5) is 5.06. The van der Waals surface area contributed by atoms with Gasteiger partial charge in [0.25, 0.3) is 0 Å². The number of hydrogen-bond acceptors (Lipinski definition) is 5. The van der Waals surface area contributed by atoms with Gasteiger partial charge in [0, 0.05) is 12.6 Å². The van der Waals surface area contributed by atoms with Gasteiger partial charge in [-0.3, -0.25) is 4.90 Å². The molecule has 0 N–H and O–H groups in total. The first-order valence-electron chi connectivity index (χ1n) is 8.46. The van der Waals surface area contributed by atoms with Gasteiger partial charge in [-0.15, -0.1) is 21.5 Å². The Morgan fingerprint density at radius 3 is 2.57 bits per heavy atom. The van der Waals surface area contributed by atoms with Gasteiger partial charge in [-0.05, 0) is 51.9 Å². The van der Waals surface area contributed by atoms with Crippen LogP contribution in [0.5, 0.6) is 0 Å². The van der Waals surface area contributed by atoms with Crippen LogP contribution in [0.2, 0.25) is 0 Å². The van der Waals surface area contributed by atoms with Crippen molar-refractivity contribution in [1.29, 1.82) is 0 Å². The van der Waals surface area contributed by atoms with Gasteiger partial charge in [0.2, 0.25) is 0 Å². The molecule has 1 aromatic carbocycles. The van der Waals surface area contributed by atoms with E-state index in [1.807, 2.05) is 6.92 Å². The van der Waals surface area contributed by atoms with E-state index in [0.29, 0.717) is 6.04 Å². The third-order valence-corrected chi connectivity index (χ3v) is 5.46. The van der Waals surface area contributed by atoms with E-state index >= 15 is 0 Å². The zero-order valence-electron chi connectivity index (χ0n) is 14.1. The molecule has 1 fully saturated rings. The number of piperidine rings is 1. The minimum atomic E-state index is 0.666. The van der Waals surface area contributed by atoms with Crippen LogP contribution in [0.3, 0.4) is 0 Å². The molecule has 0 amide bonds. The second kappa shape index (κ2) is 7.99. The lowest BCUT2D eigenvalue weighted by molar-refractivity contribution is 0.115. The van der Waals surface area contributed by atoms with Gasteiger partial charge in [-0.2, -0.15) is 0 Å². The first kappa shape index (κ1) is 16.6. The maximum atomic E-state index is 4.34. The molecule has 0 aliphatic carbocycles. The molecule has 1 aromatic heterocycles. The van der Waals surface area contributed by atoms with Crippen molar-refractivity contribution in [2.24, 2.45) is 0 Å². The molecule has 0 radical (unpaired) electrons. The predicted molar refractivity (Wildman–Crippen MR) is 95.7 cm³/mol. The van der Waals surface area contributed by atoms with Crippen molar-refractivity contribution in [2.45, 2.75) is 38.8 Å². The number of benzene rings is 1. The van der Waals surface area contributed by atoms with Crippen molar-refractivity contribution in [1.82, 2.24) is 20.0 Å². The van der Waals surface area contributed by atoms with E-state index in [1.54, 1.807) is 11.3 Å². The maximum Gasteiger partial charge on any atom is 0.131 e. The van der Waals surface area contributed by atoms with Crippen LogP contribution in [0.15, 0.2) is 30.3 Å². The third-order valence-electron chi connectivity index (χ3n) is 4.64. The van der Waals surface area contributed by atoms with Crippen molar-refractivity contribution < 1.29 is 0 Å². The standard InChI is InChI=1S/C18H26N4S/c1-15-19-20-18(23-15)14-22(17-9-11-21(2)12-10-17)13-8-16-6-4-3-5-7-16/h3-7,17H,8-14H2,1-2H3. The summed E-state index contributed by atoms with van der Waals surface area (Å²) in [6.07, 6.45) is 3.61. The lowest BCUT2D eigenvalue weighted by Gasteiger charge is -2.37. The van der Waals surface area contributed by atoms with E-state index in [0.717, 1.165) is 29.5 Å². The monoisotopic (exact) mass is 330 g/mol. The van der Waals surface area contributed by atoms with Gasteiger partial charge in [-0.25, -0.2) is 0 Å². The molecular formula is C18H26N4S. The van der Waals surface area contributed by atoms with Crippen LogP contribution in [0, 0.1) is 6.92 Å². The van der Waals surface area contributed by atoms with E-state index in [-0.39, 0.29) is 0 Å². The highest BCUT2D eigenvalue weighted by Gasteiger charge is 2.24. The Hall–Kier alpha value is -1.30. The first-order valence-corrected chi connectivity index (χ1v) is 9.28. The lowest BCUT2D eigenvalue weighted by atomic mass is 10.0. The molecule has 0 atom stereocenters. The average Bonchev–Trinajstić information content (AvgIpc) is 2.98. The van der Waals surface area contributed by atoms with Crippen LogP contribution in [0.4, 0.5) is 0 Å². The van der Waals surface area contributed by atoms with E-state index < -0.39 is 0 Å². The summed E-state index contributed by atoms with van der Waals surface area (Å²) in [5, 5.41) is 10.7. The normalized spacial score (nSPS) is 17.0. The van der Waals surface area contributed by atoms with Gasteiger partial charge in [0.1, 0.15) is 10.0 Å². The fraction of sp³-hybridized carbons (Fsp3) is 0.556. The zero-order chi connectivity index (χ0) is 16.1. The van der Waals surface area contributed by atoms with E-state index in [4.69, 9.17) is 0 Å². The summed E-state index contributed by atoms with van der Waals surface area (Å²) in [6, 6.07) is 11.5. The number of nitrogens with zero attached hydrogens (tertiary/aromatic N) is 4. The van der Waals surface area contributed by atoms with Gasteiger partial charge >= 0.3 is 0 Å². The molecule has 2 heterocycles. The second-order valence-electron chi connectivity index (χ2n) is 6.46. The number of rotatable bonds is 6. The topological polar surface area (TPSA) is 32.3 Å². The van der Waals surface area contributed by atoms with Crippen molar-refractivity contribution in [3.8, 4) is 0 Å². The predicted octanol–water partition coefficient (Wildman–Crippen LogP) is 2.99. The van der Waals surface area contributed by atoms with Crippen molar-refractivity contribution in [2.75, 3.05) is 26.7 Å². The number of likely N-dealkylation sites (tertiary alicyclic amines) is 1. The highest BCUT2D eigenvalue weighted by Crippen LogP contribution is 2.20. The van der Waals surface area contributed by atoms with Gasteiger partial charge in [0.15, 0.2) is 0 Å². The third kappa shape index (κ3) is 4.83. The molecule has 1 saturated heterocycles. The van der Waals surface area contributed by atoms with Crippen molar-refractivity contribution in [3.05, 3.63) is 45.9 Å². The van der Waals surface area contributed by atoms with Crippen LogP contribution in [-0.2, 0) is 13.0 Å². The molecule has 1 aliphatic heterocycles. The van der Waals surface area contributed by atoms with Crippen LogP contribution >= 0.6 is 11.3 Å². The minimum Gasteiger partial charge on any atom is -0.306 e. The summed E-state index contributed by atoms with van der Waals surface area (Å²) in [6.45, 7) is 6.46. The largest absolute Gasteiger partial charge is 0.306 e. The Bertz CT molecular complexity index is 590. The molecule has 0 spiro atoms. The smallest absolute Gasteiger partial charge is 0.131 e. The fourth-order valence-corrected chi connectivity index (χ4v) is 3.98. The molecule has 4 nitrogen and oxygen atoms in total. The number of aryl methyl sites for hydroxylation is 1. The molecule has 0 saturated carbocycles. The summed E-state index contributed by atoms with van der Waals surface area (Å²) in [5.41, 5.74) is 1.42. The quantitative estimate of drug-likeness (QED) is 0.815. The van der Waals surface area contributed by atoms with Gasteiger partial charge < -0.3 is 4.90 Å². The molecule has 5 heteroatoms. The molecule has 23 heavy (non-hydrogen) atoms. The van der Waals surface area contributed by atoms with E-state index in [1.165, 1.54) is 31.5 Å². The number of hydrogen-bond donors (Lipinski definition) is 0. The number of aromatic nitrogens is 2. The van der Waals surface area contributed by atoms with E-state index in [2.05, 4.69) is 57.4 Å². The highest BCUT2D eigenvalue weighted by molar-refractivity contribution is 7.11. The van der Waals surface area contributed by atoms with Crippen molar-refractivity contribution >= 4 is 11.3 Å². The van der Waals surface area contributed by atoms with Crippen LogP contribution in [-0.4, -0.2) is 52.7 Å². The minimum absolute atomic E-state index is 0.666. The second-order valence-corrected chi connectivity index (χ2v) is 7.72. The Labute approximate surface area is 143 Å². The van der Waals surface area contributed by atoms with Gasteiger partial charge in [-0.1, -0.05) is 30.3 Å². The van der Waals surface area contributed by atoms with Crippen LogP contribution < -0.4 is 0 Å². The molecular weight excluding hydrogens is 304 g/mol. The zero-order valence-corrected chi connectivity index (χ0v) is 14.9. The summed E-state index contributed by atoms with van der Waals surface area (Å²) >= 11 is 1.73. The Morgan fingerprint density at radius 1 is 1.17 bits per heavy atom. The summed E-state index contributed by atoms with van der Waals surface area (Å²) in [5.74, 6) is 0. The average molecular weight is 331 g/mol. The lowest BCUT2D eigenvalue weighted by Crippen LogP contribution is -2.44. The molecule has 0 bridgehead atoms. The van der Waals surface area contributed by atoms with Crippen LogP contribution in [0.1, 0.15) is 28.4 Å². The van der Waals surface area contributed by atoms with Crippen molar-refractivity contribution in [3.63, 3.8) is 0 Å². The SMILES string of the molecule is Cc1nnc(CN(CCc2ccccc2)C2CCN(C)CC2)s1. The van der Waals surface area contributed by atoms with E-state index in [9.17, 15) is 0 Å². The van der Waals surface area contributed by atoms with Gasteiger partial charge in [0.05, 0.1) is 6.54 Å².